The van der Waals surface area contributed by atoms with E-state index in [1.807, 2.05) is 79.1 Å². The zero-order valence-electron chi connectivity index (χ0n) is 35.5. The maximum atomic E-state index is 11.0. The van der Waals surface area contributed by atoms with Crippen molar-refractivity contribution in [1.29, 1.82) is 10.5 Å². The van der Waals surface area contributed by atoms with Gasteiger partial charge in [0.1, 0.15) is 0 Å². The second-order valence-corrected chi connectivity index (χ2v) is 16.5. The van der Waals surface area contributed by atoms with Crippen LogP contribution < -0.4 is 0 Å². The fourth-order valence-electron chi connectivity index (χ4n) is 9.64. The van der Waals surface area contributed by atoms with E-state index in [4.69, 9.17) is 9.97 Å². The van der Waals surface area contributed by atoms with E-state index in [2.05, 4.69) is 161 Å². The van der Waals surface area contributed by atoms with Gasteiger partial charge in [0.15, 0.2) is 0 Å². The second kappa shape index (κ2) is 15.8. The molecule has 0 aliphatic rings. The Balaban J connectivity index is 1.16. The van der Waals surface area contributed by atoms with Crippen molar-refractivity contribution in [2.24, 2.45) is 0 Å². The highest BCUT2D eigenvalue weighted by molar-refractivity contribution is 6.13. The fourth-order valence-corrected chi connectivity index (χ4v) is 9.64. The van der Waals surface area contributed by atoms with Gasteiger partial charge in [0, 0.05) is 50.6 Å². The van der Waals surface area contributed by atoms with Crippen LogP contribution in [-0.2, 0) is 0 Å². The lowest BCUT2D eigenvalue weighted by atomic mass is 9.96. The number of fused-ring (bicyclic) bond motifs is 6. The number of hydrogen-bond acceptors (Lipinski definition) is 4. The van der Waals surface area contributed by atoms with Crippen LogP contribution in [-0.4, -0.2) is 19.1 Å². The molecule has 306 valence electrons. The third kappa shape index (κ3) is 6.41. The number of aromatic nitrogens is 4. The number of nitrogens with zero attached hydrogens (tertiary/aromatic N) is 6. The van der Waals surface area contributed by atoms with Gasteiger partial charge < -0.3 is 9.13 Å². The molecule has 0 atom stereocenters. The standard InChI is InChI=1S/C60H36N6/c61-37-39-12-11-17-47(30-39)60-58(65-54-20-9-7-18-48(54)50-24-22-43(35-56(50)65)45-26-28-63-52(33-45)41-13-3-1-4-14-41)31-40(38-62)32-59(60)66-55-21-10-8-19-49(55)51-25-23-44(36-57(51)66)46-27-29-64-53(34-46)42-15-5-2-6-16-42/h1-36H. The summed E-state index contributed by atoms with van der Waals surface area (Å²) >= 11 is 0. The topological polar surface area (TPSA) is 83.2 Å². The first kappa shape index (κ1) is 38.3. The Hall–Kier alpha value is -9.36. The van der Waals surface area contributed by atoms with E-state index in [-0.39, 0.29) is 0 Å². The zero-order chi connectivity index (χ0) is 44.1. The molecule has 66 heavy (non-hydrogen) atoms. The van der Waals surface area contributed by atoms with Crippen LogP contribution in [0.4, 0.5) is 0 Å². The van der Waals surface area contributed by atoms with Crippen LogP contribution in [0.5, 0.6) is 0 Å². The Labute approximate surface area is 380 Å². The van der Waals surface area contributed by atoms with E-state index in [0.29, 0.717) is 11.1 Å². The van der Waals surface area contributed by atoms with Crippen LogP contribution in [0.15, 0.2) is 219 Å². The van der Waals surface area contributed by atoms with Gasteiger partial charge in [-0.05, 0) is 101 Å². The Morgan fingerprint density at radius 2 is 0.758 bits per heavy atom. The molecule has 6 nitrogen and oxygen atoms in total. The molecule has 12 rings (SSSR count). The van der Waals surface area contributed by atoms with E-state index >= 15 is 0 Å². The second-order valence-electron chi connectivity index (χ2n) is 16.5. The lowest BCUT2D eigenvalue weighted by Gasteiger charge is -2.21. The maximum Gasteiger partial charge on any atom is 0.0993 e. The zero-order valence-corrected chi connectivity index (χ0v) is 35.5. The number of hydrogen-bond donors (Lipinski definition) is 0. The Morgan fingerprint density at radius 3 is 1.26 bits per heavy atom. The molecule has 0 amide bonds. The fraction of sp³-hybridized carbons (Fsp3) is 0. The van der Waals surface area contributed by atoms with Crippen molar-refractivity contribution in [3.05, 3.63) is 230 Å². The Morgan fingerprint density at radius 1 is 0.318 bits per heavy atom. The molecule has 0 saturated carbocycles. The highest BCUT2D eigenvalue weighted by Crippen LogP contribution is 2.44. The van der Waals surface area contributed by atoms with Crippen LogP contribution in [0.2, 0.25) is 0 Å². The predicted molar refractivity (Wildman–Crippen MR) is 267 cm³/mol. The minimum Gasteiger partial charge on any atom is -0.308 e. The van der Waals surface area contributed by atoms with Gasteiger partial charge in [0.2, 0.25) is 0 Å². The maximum absolute atomic E-state index is 11.0. The number of pyridine rings is 2. The highest BCUT2D eigenvalue weighted by atomic mass is 15.0. The average molecular weight is 841 g/mol. The molecule has 0 aliphatic carbocycles. The normalized spacial score (nSPS) is 11.3. The first-order chi connectivity index (χ1) is 32.6. The average Bonchev–Trinajstić information content (AvgIpc) is 3.91. The number of nitriles is 2. The van der Waals surface area contributed by atoms with Gasteiger partial charge >= 0.3 is 0 Å². The SMILES string of the molecule is N#Cc1cccc(-c2c(-n3c4ccccc4c4ccc(-c5ccnc(-c6ccccc6)c5)cc43)cc(C#N)cc2-n2c3ccccc3c3ccc(-c4ccnc(-c5ccccc5)c4)cc32)c1. The smallest absolute Gasteiger partial charge is 0.0993 e. The molecule has 0 bridgehead atoms. The third-order valence-electron chi connectivity index (χ3n) is 12.7. The summed E-state index contributed by atoms with van der Waals surface area (Å²) in [5.74, 6) is 0. The van der Waals surface area contributed by atoms with Gasteiger partial charge in [0.05, 0.1) is 68.1 Å². The van der Waals surface area contributed by atoms with Crippen molar-refractivity contribution in [2.45, 2.75) is 0 Å². The highest BCUT2D eigenvalue weighted by Gasteiger charge is 2.24. The lowest BCUT2D eigenvalue weighted by Crippen LogP contribution is -2.05. The first-order valence-electron chi connectivity index (χ1n) is 21.8. The van der Waals surface area contributed by atoms with Gasteiger partial charge in [-0.2, -0.15) is 10.5 Å². The number of benzene rings is 8. The van der Waals surface area contributed by atoms with E-state index < -0.39 is 0 Å². The molecule has 12 aromatic rings. The molecular weight excluding hydrogens is 805 g/mol. The molecule has 0 fully saturated rings. The molecule has 0 unspecified atom stereocenters. The summed E-state index contributed by atoms with van der Waals surface area (Å²) in [6.45, 7) is 0. The van der Waals surface area contributed by atoms with Crippen LogP contribution in [0, 0.1) is 22.7 Å². The van der Waals surface area contributed by atoms with E-state index in [1.54, 1.807) is 0 Å². The van der Waals surface area contributed by atoms with Crippen LogP contribution >= 0.6 is 0 Å². The van der Waals surface area contributed by atoms with Gasteiger partial charge in [0.25, 0.3) is 0 Å². The summed E-state index contributed by atoms with van der Waals surface area (Å²) in [5, 5.41) is 25.6. The van der Waals surface area contributed by atoms with Crippen molar-refractivity contribution in [3.8, 4) is 79.4 Å². The molecule has 6 heteroatoms. The monoisotopic (exact) mass is 840 g/mol. The third-order valence-corrected chi connectivity index (χ3v) is 12.7. The van der Waals surface area contributed by atoms with Gasteiger partial charge in [-0.15, -0.1) is 0 Å². The number of para-hydroxylation sites is 2. The largest absolute Gasteiger partial charge is 0.308 e. The van der Waals surface area contributed by atoms with Gasteiger partial charge in [-0.3, -0.25) is 9.97 Å². The molecule has 0 aliphatic heterocycles. The summed E-state index contributed by atoms with van der Waals surface area (Å²) < 4.78 is 4.60. The van der Waals surface area contributed by atoms with E-state index in [1.165, 1.54) is 0 Å². The molecule has 4 heterocycles. The molecule has 0 N–H and O–H groups in total. The quantitative estimate of drug-likeness (QED) is 0.160. The van der Waals surface area contributed by atoms with Gasteiger partial charge in [-0.1, -0.05) is 133 Å². The molecular formula is C60H36N6. The van der Waals surface area contributed by atoms with E-state index in [0.717, 1.165) is 111 Å². The summed E-state index contributed by atoms with van der Waals surface area (Å²) in [6.07, 6.45) is 3.74. The number of rotatable bonds is 7. The van der Waals surface area contributed by atoms with Crippen molar-refractivity contribution in [2.75, 3.05) is 0 Å². The van der Waals surface area contributed by atoms with Crippen molar-refractivity contribution in [1.82, 2.24) is 19.1 Å². The molecule has 8 aromatic carbocycles. The molecule has 0 radical (unpaired) electrons. The molecule has 4 aromatic heterocycles. The summed E-state index contributed by atoms with van der Waals surface area (Å²) in [4.78, 5) is 9.46. The summed E-state index contributed by atoms with van der Waals surface area (Å²) in [7, 11) is 0. The molecule has 0 spiro atoms. The van der Waals surface area contributed by atoms with E-state index in [9.17, 15) is 10.5 Å². The minimum absolute atomic E-state index is 0.507. The summed E-state index contributed by atoms with van der Waals surface area (Å²) in [6, 6.07) is 75.7. The van der Waals surface area contributed by atoms with Crippen molar-refractivity contribution < 1.29 is 0 Å². The van der Waals surface area contributed by atoms with Crippen LogP contribution in [0.1, 0.15) is 11.1 Å². The van der Waals surface area contributed by atoms with Gasteiger partial charge in [-0.25, -0.2) is 0 Å². The van der Waals surface area contributed by atoms with Crippen molar-refractivity contribution in [3.63, 3.8) is 0 Å². The Bertz CT molecular complexity index is 3740. The Kier molecular flexibility index (Phi) is 9.16. The van der Waals surface area contributed by atoms with Crippen molar-refractivity contribution >= 4 is 43.6 Å². The molecule has 0 saturated heterocycles. The predicted octanol–water partition coefficient (Wildman–Crippen LogP) is 14.7. The minimum atomic E-state index is 0.507. The lowest BCUT2D eigenvalue weighted by molar-refractivity contribution is 1.13. The first-order valence-corrected chi connectivity index (χ1v) is 21.8. The van der Waals surface area contributed by atoms with Crippen LogP contribution in [0.25, 0.3) is 111 Å². The summed E-state index contributed by atoms with van der Waals surface area (Å²) in [5.41, 5.74) is 16.5. The van der Waals surface area contributed by atoms with Crippen LogP contribution in [0.3, 0.4) is 0 Å².